The minimum absolute atomic E-state index is 0.215. The zero-order valence-electron chi connectivity index (χ0n) is 16.6. The lowest BCUT2D eigenvalue weighted by molar-refractivity contribution is 0.114. The predicted molar refractivity (Wildman–Crippen MR) is 115 cm³/mol. The first-order chi connectivity index (χ1) is 14.2. The molecule has 0 saturated carbocycles. The Morgan fingerprint density at radius 1 is 0.793 bits per heavy atom. The minimum Gasteiger partial charge on any atom is -0.294 e. The lowest BCUT2D eigenvalue weighted by atomic mass is 10.0. The molecule has 3 nitrogen and oxygen atoms in total. The Morgan fingerprint density at radius 3 is 1.93 bits per heavy atom. The van der Waals surface area contributed by atoms with Gasteiger partial charge in [0.25, 0.3) is 0 Å². The van der Waals surface area contributed by atoms with Crippen molar-refractivity contribution in [3.05, 3.63) is 95.3 Å². The molecule has 3 aromatic rings. The number of rotatable bonds is 3. The highest BCUT2D eigenvalue weighted by molar-refractivity contribution is 5.98. The monoisotopic (exact) mass is 385 g/mol. The molecule has 4 heteroatoms. The standard InChI is InChI=1S/C25H24FN3/c1-18(19-10-12-20(26)13-11-19)27-29-16-14-28(15-17-29)25-23-8-4-2-6-21(23)22-7-3-5-9-24(22)25/h2-13,25H,14-17H2,1H3/b27-18+. The van der Waals surface area contributed by atoms with Crippen molar-refractivity contribution in [1.82, 2.24) is 9.91 Å². The van der Waals surface area contributed by atoms with Crippen molar-refractivity contribution in [3.63, 3.8) is 0 Å². The first-order valence-corrected chi connectivity index (χ1v) is 10.2. The molecule has 0 N–H and O–H groups in total. The van der Waals surface area contributed by atoms with E-state index in [2.05, 4.69) is 58.4 Å². The maximum atomic E-state index is 13.2. The summed E-state index contributed by atoms with van der Waals surface area (Å²) in [7, 11) is 0. The average Bonchev–Trinajstić information content (AvgIpc) is 3.09. The van der Waals surface area contributed by atoms with Gasteiger partial charge in [-0.15, -0.1) is 0 Å². The highest BCUT2D eigenvalue weighted by Gasteiger charge is 2.33. The molecule has 1 fully saturated rings. The van der Waals surface area contributed by atoms with E-state index < -0.39 is 0 Å². The van der Waals surface area contributed by atoms with E-state index in [4.69, 9.17) is 5.10 Å². The van der Waals surface area contributed by atoms with Gasteiger partial charge in [-0.05, 0) is 46.9 Å². The quantitative estimate of drug-likeness (QED) is 0.595. The van der Waals surface area contributed by atoms with Gasteiger partial charge in [0.15, 0.2) is 0 Å². The molecule has 0 amide bonds. The third-order valence-electron chi connectivity index (χ3n) is 6.01. The van der Waals surface area contributed by atoms with Crippen LogP contribution in [0.2, 0.25) is 0 Å². The Hall–Kier alpha value is -2.98. The molecule has 5 rings (SSSR count). The van der Waals surface area contributed by atoms with E-state index in [1.807, 2.05) is 6.92 Å². The van der Waals surface area contributed by atoms with E-state index in [0.29, 0.717) is 6.04 Å². The van der Waals surface area contributed by atoms with Gasteiger partial charge < -0.3 is 0 Å². The zero-order valence-corrected chi connectivity index (χ0v) is 16.6. The van der Waals surface area contributed by atoms with E-state index in [1.54, 1.807) is 12.1 Å². The summed E-state index contributed by atoms with van der Waals surface area (Å²) in [5.74, 6) is -0.215. The molecular formula is C25H24FN3. The summed E-state index contributed by atoms with van der Waals surface area (Å²) in [6.45, 7) is 5.70. The van der Waals surface area contributed by atoms with E-state index in [-0.39, 0.29) is 5.82 Å². The van der Waals surface area contributed by atoms with Gasteiger partial charge in [0.05, 0.1) is 11.8 Å². The SMILES string of the molecule is C/C(=N\N1CCN(C2c3ccccc3-c3ccccc32)CC1)c1ccc(F)cc1. The number of nitrogens with zero attached hydrogens (tertiary/aromatic N) is 3. The van der Waals surface area contributed by atoms with Crippen molar-refractivity contribution in [2.45, 2.75) is 13.0 Å². The van der Waals surface area contributed by atoms with E-state index in [9.17, 15) is 4.39 Å². The molecule has 1 saturated heterocycles. The second-order valence-electron chi connectivity index (χ2n) is 7.76. The summed E-state index contributed by atoms with van der Waals surface area (Å²) in [4.78, 5) is 2.57. The molecule has 146 valence electrons. The lowest BCUT2D eigenvalue weighted by Crippen LogP contribution is -2.45. The number of hydrogen-bond acceptors (Lipinski definition) is 3. The van der Waals surface area contributed by atoms with Crippen LogP contribution in [0.5, 0.6) is 0 Å². The molecular weight excluding hydrogens is 361 g/mol. The molecule has 1 aliphatic heterocycles. The second-order valence-corrected chi connectivity index (χ2v) is 7.76. The largest absolute Gasteiger partial charge is 0.294 e. The summed E-state index contributed by atoms with van der Waals surface area (Å²) in [6, 6.07) is 24.4. The number of piperazine rings is 1. The van der Waals surface area contributed by atoms with Crippen LogP contribution in [-0.4, -0.2) is 41.8 Å². The summed E-state index contributed by atoms with van der Waals surface area (Å²) in [5.41, 5.74) is 7.44. The van der Waals surface area contributed by atoms with Crippen LogP contribution in [0.4, 0.5) is 4.39 Å². The smallest absolute Gasteiger partial charge is 0.123 e. The van der Waals surface area contributed by atoms with Crippen LogP contribution in [0.3, 0.4) is 0 Å². The van der Waals surface area contributed by atoms with Crippen molar-refractivity contribution >= 4 is 5.71 Å². The van der Waals surface area contributed by atoms with Gasteiger partial charge in [0, 0.05) is 26.2 Å². The number of fused-ring (bicyclic) bond motifs is 3. The molecule has 0 aromatic heterocycles. The first-order valence-electron chi connectivity index (χ1n) is 10.2. The maximum absolute atomic E-state index is 13.2. The maximum Gasteiger partial charge on any atom is 0.123 e. The van der Waals surface area contributed by atoms with Crippen molar-refractivity contribution in [1.29, 1.82) is 0 Å². The molecule has 0 atom stereocenters. The summed E-state index contributed by atoms with van der Waals surface area (Å²) in [5, 5.41) is 6.93. The van der Waals surface area contributed by atoms with Gasteiger partial charge in [0.2, 0.25) is 0 Å². The van der Waals surface area contributed by atoms with Crippen LogP contribution in [0, 0.1) is 5.82 Å². The number of halogens is 1. The van der Waals surface area contributed by atoms with Crippen molar-refractivity contribution in [3.8, 4) is 11.1 Å². The van der Waals surface area contributed by atoms with Gasteiger partial charge in [0.1, 0.15) is 5.82 Å². The van der Waals surface area contributed by atoms with E-state index >= 15 is 0 Å². The van der Waals surface area contributed by atoms with Crippen molar-refractivity contribution in [2.24, 2.45) is 5.10 Å². The highest BCUT2D eigenvalue weighted by Crippen LogP contribution is 2.46. The molecule has 0 radical (unpaired) electrons. The van der Waals surface area contributed by atoms with Gasteiger partial charge in [-0.2, -0.15) is 5.10 Å². The Balaban J connectivity index is 1.33. The van der Waals surface area contributed by atoms with Gasteiger partial charge in [-0.1, -0.05) is 60.7 Å². The van der Waals surface area contributed by atoms with Crippen LogP contribution >= 0.6 is 0 Å². The van der Waals surface area contributed by atoms with Crippen LogP contribution < -0.4 is 0 Å². The minimum atomic E-state index is -0.215. The Labute approximate surface area is 171 Å². The normalized spacial score (nSPS) is 17.3. The topological polar surface area (TPSA) is 18.8 Å². The van der Waals surface area contributed by atoms with E-state index in [0.717, 1.165) is 37.5 Å². The highest BCUT2D eigenvalue weighted by atomic mass is 19.1. The van der Waals surface area contributed by atoms with Crippen LogP contribution in [-0.2, 0) is 0 Å². The fraction of sp³-hybridized carbons (Fsp3) is 0.240. The van der Waals surface area contributed by atoms with Crippen molar-refractivity contribution < 1.29 is 4.39 Å². The lowest BCUT2D eigenvalue weighted by Gasteiger charge is -2.37. The summed E-state index contributed by atoms with van der Waals surface area (Å²) >= 11 is 0. The molecule has 0 unspecified atom stereocenters. The fourth-order valence-corrected chi connectivity index (χ4v) is 4.55. The van der Waals surface area contributed by atoms with Gasteiger partial charge in [-0.25, -0.2) is 4.39 Å². The Kier molecular flexibility index (Phi) is 4.64. The second kappa shape index (κ2) is 7.45. The number of benzene rings is 3. The van der Waals surface area contributed by atoms with E-state index in [1.165, 1.54) is 34.4 Å². The fourth-order valence-electron chi connectivity index (χ4n) is 4.55. The Morgan fingerprint density at radius 2 is 1.34 bits per heavy atom. The Bertz CT molecular complexity index is 1000. The van der Waals surface area contributed by atoms with Crippen molar-refractivity contribution in [2.75, 3.05) is 26.2 Å². The number of hydrogen-bond donors (Lipinski definition) is 0. The molecule has 0 spiro atoms. The summed E-state index contributed by atoms with van der Waals surface area (Å²) in [6.07, 6.45) is 0. The molecule has 0 bridgehead atoms. The third-order valence-corrected chi connectivity index (χ3v) is 6.01. The van der Waals surface area contributed by atoms with Gasteiger partial charge >= 0.3 is 0 Å². The predicted octanol–water partition coefficient (Wildman–Crippen LogP) is 4.94. The third kappa shape index (κ3) is 3.34. The zero-order chi connectivity index (χ0) is 19.8. The van der Waals surface area contributed by atoms with Crippen LogP contribution in [0.1, 0.15) is 29.7 Å². The first kappa shape index (κ1) is 18.1. The molecule has 2 aliphatic rings. The molecule has 3 aromatic carbocycles. The molecule has 29 heavy (non-hydrogen) atoms. The van der Waals surface area contributed by atoms with Crippen LogP contribution in [0.25, 0.3) is 11.1 Å². The summed E-state index contributed by atoms with van der Waals surface area (Å²) < 4.78 is 13.2. The van der Waals surface area contributed by atoms with Gasteiger partial charge in [-0.3, -0.25) is 9.91 Å². The molecule has 1 aliphatic carbocycles. The number of hydrazone groups is 1. The molecule has 1 heterocycles. The van der Waals surface area contributed by atoms with Crippen LogP contribution in [0.15, 0.2) is 77.9 Å². The average molecular weight is 385 g/mol.